The average Bonchev–Trinajstić information content (AvgIpc) is 2.46. The Labute approximate surface area is 129 Å². The van der Waals surface area contributed by atoms with Crippen LogP contribution in [-0.2, 0) is 10.0 Å². The number of halogens is 1. The molecule has 0 bridgehead atoms. The molecule has 4 nitrogen and oxygen atoms in total. The molecule has 0 aliphatic heterocycles. The van der Waals surface area contributed by atoms with E-state index in [0.717, 1.165) is 36.7 Å². The lowest BCUT2D eigenvalue weighted by Crippen LogP contribution is -2.32. The molecule has 6 heteroatoms. The number of hydrogen-bond acceptors (Lipinski definition) is 3. The third-order valence-electron chi connectivity index (χ3n) is 3.99. The van der Waals surface area contributed by atoms with Gasteiger partial charge in [0.1, 0.15) is 0 Å². The van der Waals surface area contributed by atoms with E-state index in [0.29, 0.717) is 23.3 Å². The lowest BCUT2D eigenvalue weighted by atomic mass is 9.82. The third kappa shape index (κ3) is 4.28. The standard InChI is InChI=1S/C14H21BrN2O2S/c15-13-5-7-14(8-6-13)20(18,19)17-10-12-3-1-11(9-16)2-4-12/h5-8,11-12,17H,1-4,9-10,16H2. The van der Waals surface area contributed by atoms with E-state index in [9.17, 15) is 8.42 Å². The molecule has 3 N–H and O–H groups in total. The quantitative estimate of drug-likeness (QED) is 0.846. The minimum atomic E-state index is -3.39. The maximum absolute atomic E-state index is 12.2. The lowest BCUT2D eigenvalue weighted by Gasteiger charge is -2.27. The smallest absolute Gasteiger partial charge is 0.240 e. The molecular formula is C14H21BrN2O2S. The summed E-state index contributed by atoms with van der Waals surface area (Å²) < 4.78 is 27.9. The highest BCUT2D eigenvalue weighted by Crippen LogP contribution is 2.27. The van der Waals surface area contributed by atoms with Crippen LogP contribution in [0.5, 0.6) is 0 Å². The molecule has 20 heavy (non-hydrogen) atoms. The molecule has 0 spiro atoms. The van der Waals surface area contributed by atoms with Gasteiger partial charge in [0.2, 0.25) is 10.0 Å². The highest BCUT2D eigenvalue weighted by molar-refractivity contribution is 9.10. The van der Waals surface area contributed by atoms with Crippen molar-refractivity contribution >= 4 is 26.0 Å². The molecule has 1 aliphatic carbocycles. The summed E-state index contributed by atoms with van der Waals surface area (Å²) in [6, 6.07) is 6.69. The van der Waals surface area contributed by atoms with Crippen LogP contribution in [0, 0.1) is 11.8 Å². The van der Waals surface area contributed by atoms with Crippen molar-refractivity contribution in [3.63, 3.8) is 0 Å². The van der Waals surface area contributed by atoms with Gasteiger partial charge in [-0.25, -0.2) is 13.1 Å². The first-order chi connectivity index (χ1) is 9.51. The summed E-state index contributed by atoms with van der Waals surface area (Å²) in [6.07, 6.45) is 4.35. The van der Waals surface area contributed by atoms with Crippen molar-refractivity contribution in [3.05, 3.63) is 28.7 Å². The van der Waals surface area contributed by atoms with Crippen LogP contribution in [0.25, 0.3) is 0 Å². The first-order valence-electron chi connectivity index (χ1n) is 6.96. The van der Waals surface area contributed by atoms with Crippen molar-refractivity contribution in [2.45, 2.75) is 30.6 Å². The largest absolute Gasteiger partial charge is 0.330 e. The Morgan fingerprint density at radius 3 is 2.20 bits per heavy atom. The van der Waals surface area contributed by atoms with Gasteiger partial charge in [0.25, 0.3) is 0 Å². The summed E-state index contributed by atoms with van der Waals surface area (Å²) in [5.74, 6) is 1.05. The van der Waals surface area contributed by atoms with Gasteiger partial charge < -0.3 is 5.73 Å². The summed E-state index contributed by atoms with van der Waals surface area (Å²) in [4.78, 5) is 0.316. The zero-order valence-electron chi connectivity index (χ0n) is 11.4. The molecule has 0 heterocycles. The van der Waals surface area contributed by atoms with Crippen LogP contribution >= 0.6 is 15.9 Å². The molecule has 2 rings (SSSR count). The van der Waals surface area contributed by atoms with Crippen LogP contribution < -0.4 is 10.5 Å². The van der Waals surface area contributed by atoms with Gasteiger partial charge in [-0.1, -0.05) is 15.9 Å². The molecule has 1 aromatic rings. The molecule has 0 unspecified atom stereocenters. The first-order valence-corrected chi connectivity index (χ1v) is 9.24. The van der Waals surface area contributed by atoms with Gasteiger partial charge in [0.05, 0.1) is 4.90 Å². The third-order valence-corrected chi connectivity index (χ3v) is 5.95. The normalized spacial score (nSPS) is 23.7. The fraction of sp³-hybridized carbons (Fsp3) is 0.571. The van der Waals surface area contributed by atoms with E-state index in [2.05, 4.69) is 20.7 Å². The van der Waals surface area contributed by atoms with Crippen molar-refractivity contribution < 1.29 is 8.42 Å². The van der Waals surface area contributed by atoms with Crippen molar-refractivity contribution in [1.82, 2.24) is 4.72 Å². The highest BCUT2D eigenvalue weighted by Gasteiger charge is 2.22. The Hall–Kier alpha value is -0.430. The molecule has 0 saturated heterocycles. The van der Waals surface area contributed by atoms with Crippen molar-refractivity contribution in [1.29, 1.82) is 0 Å². The predicted octanol–water partition coefficient (Wildman–Crippen LogP) is 2.49. The van der Waals surface area contributed by atoms with E-state index in [4.69, 9.17) is 5.73 Å². The number of benzene rings is 1. The Balaban J connectivity index is 1.88. The maximum Gasteiger partial charge on any atom is 0.240 e. The highest BCUT2D eigenvalue weighted by atomic mass is 79.9. The van der Waals surface area contributed by atoms with Crippen LogP contribution in [0.3, 0.4) is 0 Å². The molecule has 112 valence electrons. The van der Waals surface area contributed by atoms with Crippen molar-refractivity contribution in [2.75, 3.05) is 13.1 Å². The molecule has 0 aromatic heterocycles. The SMILES string of the molecule is NCC1CCC(CNS(=O)(=O)c2ccc(Br)cc2)CC1. The minimum Gasteiger partial charge on any atom is -0.330 e. The maximum atomic E-state index is 12.2. The monoisotopic (exact) mass is 360 g/mol. The van der Waals surface area contributed by atoms with Gasteiger partial charge in [-0.15, -0.1) is 0 Å². The summed E-state index contributed by atoms with van der Waals surface area (Å²) in [6.45, 7) is 1.27. The van der Waals surface area contributed by atoms with E-state index < -0.39 is 10.0 Å². The van der Waals surface area contributed by atoms with Crippen molar-refractivity contribution in [3.8, 4) is 0 Å². The van der Waals surface area contributed by atoms with Crippen LogP contribution in [0.1, 0.15) is 25.7 Å². The van der Waals surface area contributed by atoms with E-state index in [-0.39, 0.29) is 0 Å². The van der Waals surface area contributed by atoms with Gasteiger partial charge in [0.15, 0.2) is 0 Å². The van der Waals surface area contributed by atoms with Crippen LogP contribution in [-0.4, -0.2) is 21.5 Å². The topological polar surface area (TPSA) is 72.2 Å². The predicted molar refractivity (Wildman–Crippen MR) is 83.8 cm³/mol. The van der Waals surface area contributed by atoms with Crippen LogP contribution in [0.4, 0.5) is 0 Å². The van der Waals surface area contributed by atoms with Crippen molar-refractivity contribution in [2.24, 2.45) is 17.6 Å². The van der Waals surface area contributed by atoms with Crippen LogP contribution in [0.2, 0.25) is 0 Å². The fourth-order valence-corrected chi connectivity index (χ4v) is 3.98. The van der Waals surface area contributed by atoms with Gasteiger partial charge in [0, 0.05) is 11.0 Å². The Kier molecular flexibility index (Phi) is 5.60. The number of hydrogen-bond donors (Lipinski definition) is 2. The molecular weight excluding hydrogens is 340 g/mol. The van der Waals surface area contributed by atoms with Gasteiger partial charge in [-0.05, 0) is 68.3 Å². The molecule has 0 atom stereocenters. The Morgan fingerprint density at radius 2 is 1.65 bits per heavy atom. The van der Waals surface area contributed by atoms with Gasteiger partial charge >= 0.3 is 0 Å². The van der Waals surface area contributed by atoms with E-state index >= 15 is 0 Å². The molecule has 0 amide bonds. The fourth-order valence-electron chi connectivity index (χ4n) is 2.60. The zero-order chi connectivity index (χ0) is 14.6. The molecule has 1 fully saturated rings. The van der Waals surface area contributed by atoms with Crippen LogP contribution in [0.15, 0.2) is 33.6 Å². The van der Waals surface area contributed by atoms with Gasteiger partial charge in [-0.3, -0.25) is 0 Å². The van der Waals surface area contributed by atoms with E-state index in [1.54, 1.807) is 24.3 Å². The minimum absolute atomic E-state index is 0.316. The number of rotatable bonds is 5. The van der Waals surface area contributed by atoms with E-state index in [1.807, 2.05) is 0 Å². The zero-order valence-corrected chi connectivity index (χ0v) is 13.8. The summed E-state index contributed by atoms with van der Waals surface area (Å²) in [5.41, 5.74) is 5.66. The second kappa shape index (κ2) is 7.02. The second-order valence-corrected chi connectivity index (χ2v) is 8.11. The Morgan fingerprint density at radius 1 is 1.10 bits per heavy atom. The summed E-state index contributed by atoms with van der Waals surface area (Å²) in [7, 11) is -3.39. The number of nitrogens with one attached hydrogen (secondary N) is 1. The molecule has 1 aliphatic rings. The molecule has 0 radical (unpaired) electrons. The summed E-state index contributed by atoms with van der Waals surface area (Å²) in [5, 5.41) is 0. The average molecular weight is 361 g/mol. The van der Waals surface area contributed by atoms with Gasteiger partial charge in [-0.2, -0.15) is 0 Å². The number of sulfonamides is 1. The second-order valence-electron chi connectivity index (χ2n) is 5.43. The first kappa shape index (κ1) is 15.9. The Bertz CT molecular complexity index is 523. The summed E-state index contributed by atoms with van der Waals surface area (Å²) >= 11 is 3.30. The molecule has 1 saturated carbocycles. The number of nitrogens with two attached hydrogens (primary N) is 1. The molecule has 1 aromatic carbocycles. The van der Waals surface area contributed by atoms with E-state index in [1.165, 1.54) is 0 Å². The lowest BCUT2D eigenvalue weighted by molar-refractivity contribution is 0.280.